The molecule has 0 saturated heterocycles. The molecule has 0 aliphatic carbocycles. The van der Waals surface area contributed by atoms with Crippen LogP contribution in [0.25, 0.3) is 43.1 Å². The highest BCUT2D eigenvalue weighted by molar-refractivity contribution is 6.39. The summed E-state index contributed by atoms with van der Waals surface area (Å²) in [4.78, 5) is 25.6. The van der Waals surface area contributed by atoms with E-state index in [4.69, 9.17) is 17.2 Å². The second-order valence-electron chi connectivity index (χ2n) is 8.12. The number of nitrogens with two attached hydrogens (primary N) is 3. The zero-order valence-electron chi connectivity index (χ0n) is 17.4. The van der Waals surface area contributed by atoms with E-state index in [0.717, 1.165) is 43.4 Å². The average molecular weight is 411 g/mol. The van der Waals surface area contributed by atoms with E-state index in [9.17, 15) is 9.59 Å². The van der Waals surface area contributed by atoms with Crippen LogP contribution in [0.5, 0.6) is 0 Å². The molecule has 0 unspecified atom stereocenters. The van der Waals surface area contributed by atoms with E-state index < -0.39 is 0 Å². The van der Waals surface area contributed by atoms with Gasteiger partial charge in [-0.2, -0.15) is 0 Å². The molecule has 0 atom stereocenters. The second-order valence-corrected chi connectivity index (χ2v) is 8.12. The lowest BCUT2D eigenvalue weighted by molar-refractivity contribution is -0.252. The van der Waals surface area contributed by atoms with Crippen molar-refractivity contribution in [3.05, 3.63) is 47.5 Å². The van der Waals surface area contributed by atoms with Crippen LogP contribution in [0.3, 0.4) is 0 Å². The summed E-state index contributed by atoms with van der Waals surface area (Å²) >= 11 is 0. The number of nitrogen functional groups attached to an aromatic ring is 3. The van der Waals surface area contributed by atoms with Crippen LogP contribution in [0.1, 0.15) is 41.0 Å². The van der Waals surface area contributed by atoms with Gasteiger partial charge in [0.2, 0.25) is 0 Å². The molecular formula is C25H23N4O2+. The minimum Gasteiger partial charge on any atom is -0.399 e. The van der Waals surface area contributed by atoms with Gasteiger partial charge in [0.25, 0.3) is 0 Å². The molecule has 0 spiro atoms. The van der Waals surface area contributed by atoms with Crippen LogP contribution in [0.2, 0.25) is 0 Å². The van der Waals surface area contributed by atoms with Crippen molar-refractivity contribution >= 4 is 77.4 Å². The fraction of sp³-hybridized carbons (Fsp3) is 0.120. The van der Waals surface area contributed by atoms with E-state index in [0.29, 0.717) is 33.6 Å². The van der Waals surface area contributed by atoms with E-state index >= 15 is 0 Å². The van der Waals surface area contributed by atoms with Gasteiger partial charge in [-0.1, -0.05) is 6.92 Å². The summed E-state index contributed by atoms with van der Waals surface area (Å²) in [6.07, 6.45) is 0.268. The Morgan fingerprint density at radius 1 is 0.774 bits per heavy atom. The number of Topliss-reactive ketones (excluding diaryl/α,β-unsaturated/α-hetero) is 2. The SMILES string of the molecule is CCC(=O)c1c(N)cc2c3cc(N)cc4c([NH3+])ccc(c5cc(N)c(C(C)=O)c1c52)c43. The first kappa shape index (κ1) is 19.1. The average Bonchev–Trinajstić information content (AvgIpc) is 2.71. The fourth-order valence-electron chi connectivity index (χ4n) is 4.96. The summed E-state index contributed by atoms with van der Waals surface area (Å²) in [5, 5.41) is 6.90. The molecule has 0 heterocycles. The summed E-state index contributed by atoms with van der Waals surface area (Å²) in [7, 11) is 0. The number of quaternary nitrogens is 1. The smallest absolute Gasteiger partial charge is 0.165 e. The van der Waals surface area contributed by atoms with Crippen LogP contribution < -0.4 is 22.9 Å². The minimum atomic E-state index is -0.206. The predicted molar refractivity (Wildman–Crippen MR) is 128 cm³/mol. The maximum absolute atomic E-state index is 12.9. The summed E-state index contributed by atoms with van der Waals surface area (Å²) in [5.74, 6) is -0.331. The molecule has 0 aliphatic heterocycles. The summed E-state index contributed by atoms with van der Waals surface area (Å²) in [5.41, 5.74) is 26.1. The van der Waals surface area contributed by atoms with Gasteiger partial charge in [0.05, 0.1) is 0 Å². The number of ketones is 2. The Bertz CT molecular complexity index is 1600. The standard InChI is InChI=1S/C25H22N4O2/c1-3-20(31)24-19(29)9-15-13-6-11(26)7-16-17(27)5-4-12(22(13)16)14-8-18(28)21(10(2)30)25(24)23(14)15/h4-9H,3,26-29H2,1-2H3/p+1. The molecule has 5 rings (SSSR count). The molecular weight excluding hydrogens is 388 g/mol. The third-order valence-corrected chi connectivity index (χ3v) is 6.23. The summed E-state index contributed by atoms with van der Waals surface area (Å²) in [6.45, 7) is 3.24. The number of anilines is 3. The first-order valence-electron chi connectivity index (χ1n) is 10.2. The highest BCUT2D eigenvalue weighted by Crippen LogP contribution is 2.47. The topological polar surface area (TPSA) is 140 Å². The van der Waals surface area contributed by atoms with Gasteiger partial charge < -0.3 is 22.9 Å². The van der Waals surface area contributed by atoms with Gasteiger partial charge >= 0.3 is 0 Å². The highest BCUT2D eigenvalue weighted by Gasteiger charge is 2.25. The minimum absolute atomic E-state index is 0.125. The molecule has 31 heavy (non-hydrogen) atoms. The van der Waals surface area contributed by atoms with E-state index in [1.165, 1.54) is 6.92 Å². The number of carbonyl (C=O) groups is 2. The van der Waals surface area contributed by atoms with Crippen LogP contribution in [0, 0.1) is 0 Å². The monoisotopic (exact) mass is 411 g/mol. The van der Waals surface area contributed by atoms with Gasteiger partial charge in [-0.15, -0.1) is 0 Å². The Labute approximate surface area is 178 Å². The van der Waals surface area contributed by atoms with Crippen molar-refractivity contribution in [2.24, 2.45) is 0 Å². The molecule has 5 aromatic rings. The van der Waals surface area contributed by atoms with Gasteiger partial charge in [-0.25, -0.2) is 0 Å². The number of hydrogen-bond acceptors (Lipinski definition) is 5. The maximum Gasteiger partial charge on any atom is 0.165 e. The fourth-order valence-corrected chi connectivity index (χ4v) is 4.96. The largest absolute Gasteiger partial charge is 0.399 e. The quantitative estimate of drug-likeness (QED) is 0.153. The van der Waals surface area contributed by atoms with Crippen LogP contribution in [0.15, 0.2) is 36.4 Å². The van der Waals surface area contributed by atoms with Crippen LogP contribution in [0.4, 0.5) is 22.7 Å². The third-order valence-electron chi connectivity index (χ3n) is 6.23. The molecule has 0 radical (unpaired) electrons. The molecule has 0 amide bonds. The van der Waals surface area contributed by atoms with Crippen molar-refractivity contribution in [2.75, 3.05) is 17.2 Å². The van der Waals surface area contributed by atoms with E-state index in [1.807, 2.05) is 36.4 Å². The number of benzene rings is 5. The molecule has 0 aliphatic rings. The van der Waals surface area contributed by atoms with Crippen molar-refractivity contribution in [3.8, 4) is 0 Å². The molecule has 9 N–H and O–H groups in total. The molecule has 0 aromatic heterocycles. The molecule has 0 bridgehead atoms. The van der Waals surface area contributed by atoms with E-state index in [-0.39, 0.29) is 18.0 Å². The zero-order chi connectivity index (χ0) is 22.2. The molecule has 154 valence electrons. The van der Waals surface area contributed by atoms with Crippen molar-refractivity contribution < 1.29 is 15.3 Å². The first-order chi connectivity index (χ1) is 14.7. The summed E-state index contributed by atoms with van der Waals surface area (Å²) in [6, 6.07) is 11.4. The normalized spacial score (nSPS) is 11.8. The Balaban J connectivity index is 2.24. The maximum atomic E-state index is 12.9. The van der Waals surface area contributed by atoms with E-state index in [1.54, 1.807) is 6.92 Å². The zero-order valence-corrected chi connectivity index (χ0v) is 17.4. The molecule has 0 fully saturated rings. The highest BCUT2D eigenvalue weighted by atomic mass is 16.1. The lowest BCUT2D eigenvalue weighted by Gasteiger charge is -2.21. The van der Waals surface area contributed by atoms with Gasteiger partial charge in [-0.05, 0) is 64.2 Å². The van der Waals surface area contributed by atoms with Gasteiger partial charge in [-0.3, -0.25) is 9.59 Å². The second kappa shape index (κ2) is 6.30. The Morgan fingerprint density at radius 2 is 1.35 bits per heavy atom. The Hall–Kier alpha value is -3.90. The number of rotatable bonds is 3. The first-order valence-corrected chi connectivity index (χ1v) is 10.2. The lowest BCUT2D eigenvalue weighted by atomic mass is 9.83. The van der Waals surface area contributed by atoms with Crippen molar-refractivity contribution in [1.29, 1.82) is 0 Å². The van der Waals surface area contributed by atoms with Crippen LogP contribution >= 0.6 is 0 Å². The predicted octanol–water partition coefficient (Wildman–Crippen LogP) is 4.15. The molecule has 6 nitrogen and oxygen atoms in total. The number of carbonyl (C=O) groups excluding carboxylic acids is 2. The van der Waals surface area contributed by atoms with Crippen LogP contribution in [-0.2, 0) is 0 Å². The Kier molecular flexibility index (Phi) is 3.88. The van der Waals surface area contributed by atoms with Crippen molar-refractivity contribution in [1.82, 2.24) is 0 Å². The Morgan fingerprint density at radius 3 is 2.00 bits per heavy atom. The van der Waals surface area contributed by atoms with Crippen molar-refractivity contribution in [2.45, 2.75) is 20.3 Å². The van der Waals surface area contributed by atoms with E-state index in [2.05, 4.69) is 5.73 Å². The van der Waals surface area contributed by atoms with Gasteiger partial charge in [0.15, 0.2) is 11.6 Å². The lowest BCUT2D eigenvalue weighted by Crippen LogP contribution is -2.40. The van der Waals surface area contributed by atoms with Gasteiger partial charge in [0, 0.05) is 56.8 Å². The molecule has 0 saturated carbocycles. The number of fused-ring (bicyclic) bond motifs is 2. The van der Waals surface area contributed by atoms with Gasteiger partial charge in [0.1, 0.15) is 5.69 Å². The molecule has 6 heteroatoms. The third kappa shape index (κ3) is 2.42. The summed E-state index contributed by atoms with van der Waals surface area (Å²) < 4.78 is 0. The number of hydrogen-bond donors (Lipinski definition) is 4. The van der Waals surface area contributed by atoms with Crippen LogP contribution in [-0.4, -0.2) is 11.6 Å². The molecule has 5 aromatic carbocycles. The van der Waals surface area contributed by atoms with Crippen molar-refractivity contribution in [3.63, 3.8) is 0 Å².